The van der Waals surface area contributed by atoms with E-state index in [2.05, 4.69) is 49.5 Å². The van der Waals surface area contributed by atoms with E-state index in [9.17, 15) is 0 Å². The van der Waals surface area contributed by atoms with Gasteiger partial charge in [0.2, 0.25) is 5.95 Å². The molecule has 0 aliphatic heterocycles. The molecule has 3 aromatic heterocycles. The van der Waals surface area contributed by atoms with E-state index in [1.54, 1.807) is 6.20 Å². The van der Waals surface area contributed by atoms with Crippen molar-refractivity contribution in [1.82, 2.24) is 25.1 Å². The van der Waals surface area contributed by atoms with Gasteiger partial charge in [0.25, 0.3) is 0 Å². The molecule has 0 bridgehead atoms. The molecule has 2 N–H and O–H groups in total. The Bertz CT molecular complexity index is 732. The molecule has 3 rings (SSSR count). The van der Waals surface area contributed by atoms with E-state index in [-0.39, 0.29) is 0 Å². The molecular formula is C15H18N6. The number of hydrogen-bond donors (Lipinski definition) is 2. The Kier molecular flexibility index (Phi) is 3.77. The SMILES string of the molecule is CCNc1nc(Cc2ccc(CC)cn2)c2cn[nH]c2n1. The fourth-order valence-electron chi connectivity index (χ4n) is 2.21. The first-order valence-electron chi connectivity index (χ1n) is 7.17. The average molecular weight is 282 g/mol. The molecule has 3 heterocycles. The normalized spacial score (nSPS) is 11.0. The van der Waals surface area contributed by atoms with Gasteiger partial charge in [-0.05, 0) is 25.0 Å². The van der Waals surface area contributed by atoms with Crippen LogP contribution >= 0.6 is 0 Å². The topological polar surface area (TPSA) is 79.4 Å². The summed E-state index contributed by atoms with van der Waals surface area (Å²) in [5.74, 6) is 0.620. The van der Waals surface area contributed by atoms with Crippen molar-refractivity contribution in [2.75, 3.05) is 11.9 Å². The summed E-state index contributed by atoms with van der Waals surface area (Å²) < 4.78 is 0. The first-order valence-corrected chi connectivity index (χ1v) is 7.17. The van der Waals surface area contributed by atoms with Crippen molar-refractivity contribution < 1.29 is 0 Å². The zero-order chi connectivity index (χ0) is 14.7. The highest BCUT2D eigenvalue weighted by atomic mass is 15.2. The lowest BCUT2D eigenvalue weighted by Crippen LogP contribution is -2.05. The molecule has 108 valence electrons. The molecule has 0 saturated heterocycles. The maximum Gasteiger partial charge on any atom is 0.224 e. The van der Waals surface area contributed by atoms with Gasteiger partial charge in [-0.15, -0.1) is 0 Å². The Morgan fingerprint density at radius 1 is 1.14 bits per heavy atom. The third kappa shape index (κ3) is 2.84. The van der Waals surface area contributed by atoms with Gasteiger partial charge in [0.1, 0.15) is 0 Å². The third-order valence-corrected chi connectivity index (χ3v) is 3.37. The van der Waals surface area contributed by atoms with E-state index >= 15 is 0 Å². The van der Waals surface area contributed by atoms with E-state index in [0.29, 0.717) is 12.4 Å². The number of aromatic nitrogens is 5. The van der Waals surface area contributed by atoms with Crippen LogP contribution in [0, 0.1) is 0 Å². The monoisotopic (exact) mass is 282 g/mol. The van der Waals surface area contributed by atoms with Crippen molar-refractivity contribution in [2.45, 2.75) is 26.7 Å². The van der Waals surface area contributed by atoms with Crippen LogP contribution in [0.15, 0.2) is 24.5 Å². The zero-order valence-corrected chi connectivity index (χ0v) is 12.2. The standard InChI is InChI=1S/C15H18N6/c1-3-10-5-6-11(17-8-10)7-13-12-9-18-21-14(12)20-15(19-13)16-4-2/h5-6,8-9H,3-4,7H2,1-2H3,(H2,16,18,19,20,21). The van der Waals surface area contributed by atoms with Crippen molar-refractivity contribution in [1.29, 1.82) is 0 Å². The van der Waals surface area contributed by atoms with Crippen molar-refractivity contribution in [3.63, 3.8) is 0 Å². The minimum absolute atomic E-state index is 0.620. The van der Waals surface area contributed by atoms with Gasteiger partial charge in [-0.2, -0.15) is 10.1 Å². The lowest BCUT2D eigenvalue weighted by Gasteiger charge is -2.06. The summed E-state index contributed by atoms with van der Waals surface area (Å²) in [4.78, 5) is 13.5. The molecule has 0 aliphatic rings. The van der Waals surface area contributed by atoms with E-state index in [1.165, 1.54) is 5.56 Å². The second-order valence-electron chi connectivity index (χ2n) is 4.84. The van der Waals surface area contributed by atoms with Gasteiger partial charge >= 0.3 is 0 Å². The van der Waals surface area contributed by atoms with Crippen LogP contribution in [-0.2, 0) is 12.8 Å². The molecule has 6 nitrogen and oxygen atoms in total. The minimum atomic E-state index is 0.620. The number of nitrogens with zero attached hydrogens (tertiary/aromatic N) is 4. The maximum absolute atomic E-state index is 4.58. The highest BCUT2D eigenvalue weighted by Gasteiger charge is 2.10. The minimum Gasteiger partial charge on any atom is -0.354 e. The summed E-state index contributed by atoms with van der Waals surface area (Å²) in [6.45, 7) is 4.92. The van der Waals surface area contributed by atoms with Gasteiger partial charge in [0.15, 0.2) is 5.65 Å². The average Bonchev–Trinajstić information content (AvgIpc) is 2.97. The second-order valence-corrected chi connectivity index (χ2v) is 4.84. The number of nitrogens with one attached hydrogen (secondary N) is 2. The van der Waals surface area contributed by atoms with Gasteiger partial charge < -0.3 is 5.32 Å². The Morgan fingerprint density at radius 2 is 2.05 bits per heavy atom. The molecule has 0 amide bonds. The lowest BCUT2D eigenvalue weighted by atomic mass is 10.1. The van der Waals surface area contributed by atoms with Crippen molar-refractivity contribution in [3.8, 4) is 0 Å². The van der Waals surface area contributed by atoms with Crippen LogP contribution in [0.3, 0.4) is 0 Å². The van der Waals surface area contributed by atoms with Crippen LogP contribution in [0.25, 0.3) is 11.0 Å². The smallest absolute Gasteiger partial charge is 0.224 e. The van der Waals surface area contributed by atoms with Gasteiger partial charge in [0, 0.05) is 24.9 Å². The summed E-state index contributed by atoms with van der Waals surface area (Å²) in [7, 11) is 0. The maximum atomic E-state index is 4.58. The van der Waals surface area contributed by atoms with Crippen LogP contribution in [0.4, 0.5) is 5.95 Å². The van der Waals surface area contributed by atoms with Crippen LogP contribution in [0.5, 0.6) is 0 Å². The number of hydrogen-bond acceptors (Lipinski definition) is 5. The molecule has 0 spiro atoms. The van der Waals surface area contributed by atoms with E-state index in [0.717, 1.165) is 35.4 Å². The lowest BCUT2D eigenvalue weighted by molar-refractivity contribution is 0.983. The fraction of sp³-hybridized carbons (Fsp3) is 0.333. The summed E-state index contributed by atoms with van der Waals surface area (Å²) in [5, 5.41) is 11.0. The highest BCUT2D eigenvalue weighted by molar-refractivity contribution is 5.78. The Labute approximate surface area is 123 Å². The molecular weight excluding hydrogens is 264 g/mol. The van der Waals surface area contributed by atoms with Crippen LogP contribution in [0.1, 0.15) is 30.8 Å². The molecule has 0 atom stereocenters. The summed E-state index contributed by atoms with van der Waals surface area (Å²) >= 11 is 0. The Balaban J connectivity index is 1.95. The van der Waals surface area contributed by atoms with Gasteiger partial charge in [-0.3, -0.25) is 10.1 Å². The van der Waals surface area contributed by atoms with Crippen LogP contribution < -0.4 is 5.32 Å². The largest absolute Gasteiger partial charge is 0.354 e. The number of anilines is 1. The molecule has 0 aromatic carbocycles. The molecule has 3 aromatic rings. The predicted octanol–water partition coefficient (Wildman–Crippen LogP) is 2.33. The predicted molar refractivity (Wildman–Crippen MR) is 82.3 cm³/mol. The zero-order valence-electron chi connectivity index (χ0n) is 12.2. The number of pyridine rings is 1. The molecule has 6 heteroatoms. The summed E-state index contributed by atoms with van der Waals surface area (Å²) in [5.41, 5.74) is 3.92. The first-order chi connectivity index (χ1) is 10.3. The van der Waals surface area contributed by atoms with E-state index in [4.69, 9.17) is 0 Å². The molecule has 0 aliphatic carbocycles. The van der Waals surface area contributed by atoms with Crippen molar-refractivity contribution in [2.24, 2.45) is 0 Å². The molecule has 0 saturated carbocycles. The number of H-pyrrole nitrogens is 1. The first kappa shape index (κ1) is 13.5. The number of fused-ring (bicyclic) bond motifs is 1. The van der Waals surface area contributed by atoms with Crippen LogP contribution in [0.2, 0.25) is 0 Å². The quantitative estimate of drug-likeness (QED) is 0.751. The summed E-state index contributed by atoms with van der Waals surface area (Å²) in [6, 6.07) is 4.17. The number of rotatable bonds is 5. The summed E-state index contributed by atoms with van der Waals surface area (Å²) in [6.07, 6.45) is 5.35. The van der Waals surface area contributed by atoms with E-state index < -0.39 is 0 Å². The van der Waals surface area contributed by atoms with Gasteiger partial charge in [-0.1, -0.05) is 13.0 Å². The number of aromatic amines is 1. The number of aryl methyl sites for hydroxylation is 1. The molecule has 0 fully saturated rings. The van der Waals surface area contributed by atoms with E-state index in [1.807, 2.05) is 13.1 Å². The van der Waals surface area contributed by atoms with Crippen molar-refractivity contribution in [3.05, 3.63) is 41.5 Å². The van der Waals surface area contributed by atoms with Crippen LogP contribution in [-0.4, -0.2) is 31.7 Å². The molecule has 21 heavy (non-hydrogen) atoms. The molecule has 0 unspecified atom stereocenters. The Hall–Kier alpha value is -2.50. The fourth-order valence-corrected chi connectivity index (χ4v) is 2.21. The van der Waals surface area contributed by atoms with Gasteiger partial charge in [0.05, 0.1) is 17.3 Å². The van der Waals surface area contributed by atoms with Crippen molar-refractivity contribution >= 4 is 17.0 Å². The third-order valence-electron chi connectivity index (χ3n) is 3.37. The Morgan fingerprint density at radius 3 is 2.76 bits per heavy atom. The van der Waals surface area contributed by atoms with Gasteiger partial charge in [-0.25, -0.2) is 4.98 Å². The second kappa shape index (κ2) is 5.87. The molecule has 0 radical (unpaired) electrons. The highest BCUT2D eigenvalue weighted by Crippen LogP contribution is 2.18.